The topological polar surface area (TPSA) is 108 Å². The average Bonchev–Trinajstić information content (AvgIpc) is 3.29. The molecule has 3 amide bonds. The fourth-order valence-corrected chi connectivity index (χ4v) is 3.76. The molecule has 8 heteroatoms. The smallest absolute Gasteiger partial charge is 0.319 e. The molecule has 0 unspecified atom stereocenters. The van der Waals surface area contributed by atoms with E-state index in [2.05, 4.69) is 20.9 Å². The Morgan fingerprint density at radius 2 is 1.76 bits per heavy atom. The Hall–Kier alpha value is -4.17. The van der Waals surface area contributed by atoms with Crippen LogP contribution in [-0.2, 0) is 5.60 Å². The molecule has 8 nitrogen and oxygen atoms in total. The minimum Gasteiger partial charge on any atom is -0.386 e. The van der Waals surface area contributed by atoms with Gasteiger partial charge in [-0.3, -0.25) is 4.79 Å². The van der Waals surface area contributed by atoms with Crippen LogP contribution in [0, 0.1) is 6.92 Å². The molecule has 4 rings (SSSR count). The van der Waals surface area contributed by atoms with Gasteiger partial charge in [0.25, 0.3) is 5.91 Å². The second kappa shape index (κ2) is 8.99. The van der Waals surface area contributed by atoms with Gasteiger partial charge >= 0.3 is 6.03 Å². The summed E-state index contributed by atoms with van der Waals surface area (Å²) < 4.78 is 1.84. The van der Waals surface area contributed by atoms with Crippen LogP contribution < -0.4 is 16.0 Å². The number of rotatable bonds is 5. The molecule has 0 fully saturated rings. The molecule has 0 atom stereocenters. The number of pyridine rings is 1. The number of hydrogen-bond acceptors (Lipinski definition) is 4. The van der Waals surface area contributed by atoms with Gasteiger partial charge in [-0.2, -0.15) is 0 Å². The van der Waals surface area contributed by atoms with Gasteiger partial charge in [-0.1, -0.05) is 24.3 Å². The summed E-state index contributed by atoms with van der Waals surface area (Å²) in [5, 5.41) is 18.5. The summed E-state index contributed by atoms with van der Waals surface area (Å²) in [6.07, 6.45) is 5.41. The maximum Gasteiger partial charge on any atom is 0.319 e. The number of anilines is 2. The molecule has 4 aromatic rings. The molecule has 2 aromatic carbocycles. The molecule has 4 N–H and O–H groups in total. The van der Waals surface area contributed by atoms with Crippen molar-refractivity contribution >= 4 is 29.0 Å². The van der Waals surface area contributed by atoms with Crippen molar-refractivity contribution in [2.45, 2.75) is 26.4 Å². The van der Waals surface area contributed by atoms with Crippen LogP contribution in [0.2, 0.25) is 0 Å². The Labute approximate surface area is 197 Å². The maximum absolute atomic E-state index is 12.9. The Kier molecular flexibility index (Phi) is 6.08. The minimum atomic E-state index is -0.970. The first kappa shape index (κ1) is 23.0. The summed E-state index contributed by atoms with van der Waals surface area (Å²) in [6, 6.07) is 14.1. The van der Waals surface area contributed by atoms with Crippen LogP contribution in [0.15, 0.2) is 67.1 Å². The van der Waals surface area contributed by atoms with Crippen LogP contribution >= 0.6 is 0 Å². The van der Waals surface area contributed by atoms with Crippen molar-refractivity contribution in [3.8, 4) is 11.1 Å². The Morgan fingerprint density at radius 1 is 1.03 bits per heavy atom. The van der Waals surface area contributed by atoms with Crippen molar-refractivity contribution in [2.75, 3.05) is 17.7 Å². The van der Waals surface area contributed by atoms with Crippen molar-refractivity contribution in [2.24, 2.45) is 0 Å². The summed E-state index contributed by atoms with van der Waals surface area (Å²) in [5.74, 6) is -0.241. The summed E-state index contributed by atoms with van der Waals surface area (Å²) in [6.45, 7) is 5.34. The number of fused-ring (bicyclic) bond motifs is 1. The Bertz CT molecular complexity index is 1370. The number of imidazole rings is 1. The SMILES string of the molecule is CNC(=O)Nc1cc(-c2cccc(NC(=O)c3ccc(C(C)(C)O)cc3)c2C)cn2ccnc12. The van der Waals surface area contributed by atoms with Gasteiger partial charge in [-0.05, 0) is 61.7 Å². The largest absolute Gasteiger partial charge is 0.386 e. The van der Waals surface area contributed by atoms with Crippen molar-refractivity contribution in [3.05, 3.63) is 83.8 Å². The molecule has 0 aliphatic heterocycles. The van der Waals surface area contributed by atoms with Crippen LogP contribution in [0.25, 0.3) is 16.8 Å². The number of hydrogen-bond donors (Lipinski definition) is 4. The minimum absolute atomic E-state index is 0.241. The van der Waals surface area contributed by atoms with Gasteiger partial charge in [-0.15, -0.1) is 0 Å². The van der Waals surface area contributed by atoms with Crippen LogP contribution in [0.3, 0.4) is 0 Å². The predicted molar refractivity (Wildman–Crippen MR) is 133 cm³/mol. The number of benzene rings is 2. The number of aromatic nitrogens is 2. The molecular weight excluding hydrogens is 430 g/mol. The van der Waals surface area contributed by atoms with Crippen molar-refractivity contribution in [1.29, 1.82) is 0 Å². The van der Waals surface area contributed by atoms with Gasteiger partial charge in [0.05, 0.1) is 11.3 Å². The van der Waals surface area contributed by atoms with Crippen LogP contribution in [-0.4, -0.2) is 33.5 Å². The van der Waals surface area contributed by atoms with E-state index in [0.717, 1.165) is 22.3 Å². The number of amides is 3. The van der Waals surface area contributed by atoms with E-state index in [4.69, 9.17) is 0 Å². The number of urea groups is 1. The first-order valence-corrected chi connectivity index (χ1v) is 10.9. The lowest BCUT2D eigenvalue weighted by Gasteiger charge is -2.18. The lowest BCUT2D eigenvalue weighted by atomic mass is 9.97. The molecule has 0 radical (unpaired) electrons. The first-order valence-electron chi connectivity index (χ1n) is 10.9. The zero-order valence-corrected chi connectivity index (χ0v) is 19.5. The van der Waals surface area contributed by atoms with Gasteiger partial charge in [-0.25, -0.2) is 9.78 Å². The fraction of sp³-hybridized carbons (Fsp3) is 0.192. The summed E-state index contributed by atoms with van der Waals surface area (Å²) >= 11 is 0. The lowest BCUT2D eigenvalue weighted by Crippen LogP contribution is -2.24. The number of nitrogens with one attached hydrogen (secondary N) is 3. The van der Waals surface area contributed by atoms with E-state index in [1.54, 1.807) is 51.4 Å². The standard InChI is InChI=1S/C26H27N5O3/c1-16-20(18-14-22(30-25(33)27-4)23-28-12-13-31(23)15-18)6-5-7-21(16)29-24(32)17-8-10-19(11-9-17)26(2,3)34/h5-15,34H,1-4H3,(H,29,32)(H2,27,30,33). The highest BCUT2D eigenvalue weighted by atomic mass is 16.3. The van der Waals surface area contributed by atoms with Gasteiger partial charge < -0.3 is 25.5 Å². The average molecular weight is 458 g/mol. The molecule has 174 valence electrons. The van der Waals surface area contributed by atoms with Gasteiger partial charge in [0.15, 0.2) is 5.65 Å². The van der Waals surface area contributed by atoms with Crippen molar-refractivity contribution in [1.82, 2.24) is 14.7 Å². The molecule has 34 heavy (non-hydrogen) atoms. The predicted octanol–water partition coefficient (Wildman–Crippen LogP) is 4.54. The molecule has 2 heterocycles. The molecule has 0 aliphatic rings. The molecular formula is C26H27N5O3. The van der Waals surface area contributed by atoms with E-state index in [-0.39, 0.29) is 11.9 Å². The van der Waals surface area contributed by atoms with E-state index >= 15 is 0 Å². The molecule has 2 aromatic heterocycles. The van der Waals surface area contributed by atoms with Crippen molar-refractivity contribution in [3.63, 3.8) is 0 Å². The first-order chi connectivity index (χ1) is 16.2. The second-order valence-electron chi connectivity index (χ2n) is 8.57. The molecule has 0 saturated carbocycles. The summed E-state index contributed by atoms with van der Waals surface area (Å²) in [4.78, 5) is 29.1. The van der Waals surface area contributed by atoms with Crippen LogP contribution in [0.4, 0.5) is 16.2 Å². The lowest BCUT2D eigenvalue weighted by molar-refractivity contribution is 0.0785. The monoisotopic (exact) mass is 457 g/mol. The van der Waals surface area contributed by atoms with Gasteiger partial charge in [0.2, 0.25) is 0 Å². The van der Waals surface area contributed by atoms with E-state index in [1.807, 2.05) is 48.0 Å². The third-order valence-corrected chi connectivity index (χ3v) is 5.71. The molecule has 0 saturated heterocycles. The quantitative estimate of drug-likeness (QED) is 0.353. The highest BCUT2D eigenvalue weighted by molar-refractivity contribution is 6.05. The second-order valence-corrected chi connectivity index (χ2v) is 8.57. The zero-order chi connectivity index (χ0) is 24.5. The van der Waals surface area contributed by atoms with Gasteiger partial charge in [0.1, 0.15) is 0 Å². The fourth-order valence-electron chi connectivity index (χ4n) is 3.76. The van der Waals surface area contributed by atoms with Gasteiger partial charge in [0, 0.05) is 42.5 Å². The summed E-state index contributed by atoms with van der Waals surface area (Å²) in [5.41, 5.74) is 4.79. The van der Waals surface area contributed by atoms with Crippen LogP contribution in [0.5, 0.6) is 0 Å². The zero-order valence-electron chi connectivity index (χ0n) is 19.5. The maximum atomic E-state index is 12.9. The number of carbonyl (C=O) groups is 2. The van der Waals surface area contributed by atoms with E-state index < -0.39 is 5.60 Å². The molecule has 0 bridgehead atoms. The third kappa shape index (κ3) is 4.62. The normalized spacial score (nSPS) is 11.3. The molecule has 0 aliphatic carbocycles. The van der Waals surface area contributed by atoms with E-state index in [9.17, 15) is 14.7 Å². The number of aliphatic hydroxyl groups is 1. The Balaban J connectivity index is 1.65. The summed E-state index contributed by atoms with van der Waals surface area (Å²) in [7, 11) is 1.55. The number of nitrogens with zero attached hydrogens (tertiary/aromatic N) is 2. The third-order valence-electron chi connectivity index (χ3n) is 5.71. The molecule has 0 spiro atoms. The van der Waals surface area contributed by atoms with Crippen molar-refractivity contribution < 1.29 is 14.7 Å². The highest BCUT2D eigenvalue weighted by Crippen LogP contribution is 2.32. The van der Waals surface area contributed by atoms with E-state index in [0.29, 0.717) is 22.6 Å². The van der Waals surface area contributed by atoms with Crippen LogP contribution in [0.1, 0.15) is 35.3 Å². The number of carbonyl (C=O) groups excluding carboxylic acids is 2. The highest BCUT2D eigenvalue weighted by Gasteiger charge is 2.17. The Morgan fingerprint density at radius 3 is 2.44 bits per heavy atom. The van der Waals surface area contributed by atoms with E-state index in [1.165, 1.54) is 0 Å².